The molecule has 0 saturated heterocycles. The van der Waals surface area contributed by atoms with E-state index in [0.29, 0.717) is 27.4 Å². The lowest BCUT2D eigenvalue weighted by atomic mass is 10.00. The molecule has 3 aromatic carbocycles. The molecule has 4 rings (SSSR count). The minimum absolute atomic E-state index is 0.123. The number of alkyl halides is 3. The van der Waals surface area contributed by atoms with Gasteiger partial charge in [-0.15, -0.1) is 13.2 Å². The molecule has 0 bridgehead atoms. The first kappa shape index (κ1) is 28.0. The Morgan fingerprint density at radius 1 is 1.00 bits per heavy atom. The van der Waals surface area contributed by atoms with Crippen molar-refractivity contribution in [3.63, 3.8) is 0 Å². The summed E-state index contributed by atoms with van der Waals surface area (Å²) in [6.45, 7) is 3.98. The molecule has 1 heterocycles. The molecule has 2 amide bonds. The monoisotopic (exact) mass is 560 g/mol. The number of fused-ring (bicyclic) bond motifs is 1. The molecule has 1 atom stereocenters. The second-order valence-electron chi connectivity index (χ2n) is 9.24. The van der Waals surface area contributed by atoms with Crippen molar-refractivity contribution < 1.29 is 37.0 Å². The third-order valence-electron chi connectivity index (χ3n) is 6.24. The summed E-state index contributed by atoms with van der Waals surface area (Å²) in [5.41, 5.74) is 3.03. The average molecular weight is 561 g/mol. The van der Waals surface area contributed by atoms with Crippen LogP contribution in [0, 0.1) is 5.92 Å². The Hall–Kier alpha value is -4.05. The van der Waals surface area contributed by atoms with Crippen LogP contribution in [0.15, 0.2) is 60.7 Å². The van der Waals surface area contributed by atoms with Crippen molar-refractivity contribution >= 4 is 35.1 Å². The summed E-state index contributed by atoms with van der Waals surface area (Å²) in [4.78, 5) is 39.6. The lowest BCUT2D eigenvalue weighted by molar-refractivity contribution is -0.274. The molecule has 0 spiro atoms. The zero-order valence-corrected chi connectivity index (χ0v) is 21.9. The van der Waals surface area contributed by atoms with E-state index in [0.717, 1.165) is 17.7 Å². The molecular formula is C28H24ClF3N2O5. The zero-order valence-electron chi connectivity index (χ0n) is 21.1. The van der Waals surface area contributed by atoms with Gasteiger partial charge in [0.2, 0.25) is 0 Å². The lowest BCUT2D eigenvalue weighted by Crippen LogP contribution is -2.45. The Morgan fingerprint density at radius 3 is 2.28 bits per heavy atom. The highest BCUT2D eigenvalue weighted by Crippen LogP contribution is 2.35. The normalized spacial score (nSPS) is 13.7. The number of methoxy groups -OCH3 is 1. The van der Waals surface area contributed by atoms with Crippen LogP contribution in [-0.4, -0.2) is 42.2 Å². The van der Waals surface area contributed by atoms with Gasteiger partial charge >= 0.3 is 12.3 Å². The van der Waals surface area contributed by atoms with Crippen LogP contribution in [0.25, 0.3) is 11.1 Å². The van der Waals surface area contributed by atoms with E-state index in [1.165, 1.54) is 30.2 Å². The molecule has 1 aliphatic heterocycles. The van der Waals surface area contributed by atoms with Crippen LogP contribution in [0.3, 0.4) is 0 Å². The summed E-state index contributed by atoms with van der Waals surface area (Å²) >= 11 is 6.51. The van der Waals surface area contributed by atoms with Crippen molar-refractivity contribution in [1.82, 2.24) is 4.90 Å². The molecule has 0 fully saturated rings. The molecule has 0 unspecified atom stereocenters. The zero-order chi connectivity index (χ0) is 28.5. The van der Waals surface area contributed by atoms with E-state index in [2.05, 4.69) is 10.1 Å². The SMILES string of the molecule is COC(=O)[C@H](C(C)C)N1Cc2ccc(-c3ccc(NC(=O)c4ccc(OC(F)(F)F)cc4)cc3Cl)cc2C1=O. The number of benzene rings is 3. The van der Waals surface area contributed by atoms with Crippen molar-refractivity contribution in [2.45, 2.75) is 32.8 Å². The maximum absolute atomic E-state index is 13.2. The number of carbonyl (C=O) groups is 3. The van der Waals surface area contributed by atoms with Gasteiger partial charge < -0.3 is 19.7 Å². The maximum atomic E-state index is 13.2. The van der Waals surface area contributed by atoms with Crippen molar-refractivity contribution in [1.29, 1.82) is 0 Å². The summed E-state index contributed by atoms with van der Waals surface area (Å²) in [5.74, 6) is -1.88. The van der Waals surface area contributed by atoms with Gasteiger partial charge in [-0.1, -0.05) is 43.6 Å². The molecule has 0 aromatic heterocycles. The molecule has 0 aliphatic carbocycles. The summed E-state index contributed by atoms with van der Waals surface area (Å²) in [6, 6.07) is 14.0. The molecular weight excluding hydrogens is 537 g/mol. The Balaban J connectivity index is 1.50. The summed E-state index contributed by atoms with van der Waals surface area (Å²) < 4.78 is 45.7. The highest BCUT2D eigenvalue weighted by atomic mass is 35.5. The number of nitrogens with zero attached hydrogens (tertiary/aromatic N) is 1. The Labute approximate surface area is 227 Å². The van der Waals surface area contributed by atoms with E-state index < -0.39 is 30.0 Å². The number of ether oxygens (including phenoxy) is 2. The van der Waals surface area contributed by atoms with E-state index >= 15 is 0 Å². The topological polar surface area (TPSA) is 84.9 Å². The fraction of sp³-hybridized carbons (Fsp3) is 0.250. The number of carbonyl (C=O) groups excluding carboxylic acids is 3. The van der Waals surface area contributed by atoms with E-state index in [-0.39, 0.29) is 23.9 Å². The molecule has 0 radical (unpaired) electrons. The van der Waals surface area contributed by atoms with Crippen LogP contribution in [0.4, 0.5) is 18.9 Å². The minimum Gasteiger partial charge on any atom is -0.467 e. The van der Waals surface area contributed by atoms with Crippen LogP contribution in [0.5, 0.6) is 5.75 Å². The predicted octanol–water partition coefficient (Wildman–Crippen LogP) is 6.31. The van der Waals surface area contributed by atoms with Gasteiger partial charge in [0.1, 0.15) is 11.8 Å². The Bertz CT molecular complexity index is 1420. The molecule has 0 saturated carbocycles. The molecule has 39 heavy (non-hydrogen) atoms. The fourth-order valence-electron chi connectivity index (χ4n) is 4.43. The smallest absolute Gasteiger partial charge is 0.467 e. The molecule has 1 aliphatic rings. The van der Waals surface area contributed by atoms with Crippen LogP contribution in [0.2, 0.25) is 5.02 Å². The first-order chi connectivity index (χ1) is 18.4. The number of halogens is 4. The number of hydrogen-bond donors (Lipinski definition) is 1. The molecule has 3 aromatic rings. The molecule has 11 heteroatoms. The third-order valence-corrected chi connectivity index (χ3v) is 6.55. The van der Waals surface area contributed by atoms with Crippen LogP contribution in [0.1, 0.15) is 40.1 Å². The van der Waals surface area contributed by atoms with Crippen LogP contribution in [-0.2, 0) is 16.1 Å². The number of amides is 2. The lowest BCUT2D eigenvalue weighted by Gasteiger charge is -2.28. The number of nitrogens with one attached hydrogen (secondary N) is 1. The molecule has 204 valence electrons. The fourth-order valence-corrected chi connectivity index (χ4v) is 4.72. The van der Waals surface area contributed by atoms with Gasteiger partial charge in [0, 0.05) is 28.9 Å². The summed E-state index contributed by atoms with van der Waals surface area (Å²) in [6.07, 6.45) is -4.83. The first-order valence-electron chi connectivity index (χ1n) is 11.9. The van der Waals surface area contributed by atoms with Gasteiger partial charge in [-0.3, -0.25) is 9.59 Å². The largest absolute Gasteiger partial charge is 0.573 e. The summed E-state index contributed by atoms with van der Waals surface area (Å²) in [5, 5.41) is 2.95. The number of anilines is 1. The number of esters is 1. The van der Waals surface area contributed by atoms with Gasteiger partial charge in [-0.05, 0) is 59.5 Å². The van der Waals surface area contributed by atoms with E-state index in [1.54, 1.807) is 18.2 Å². The van der Waals surface area contributed by atoms with Crippen molar-refractivity contribution in [3.8, 4) is 16.9 Å². The van der Waals surface area contributed by atoms with E-state index in [4.69, 9.17) is 16.3 Å². The van der Waals surface area contributed by atoms with Crippen molar-refractivity contribution in [2.75, 3.05) is 12.4 Å². The van der Waals surface area contributed by atoms with Crippen LogP contribution < -0.4 is 10.1 Å². The van der Waals surface area contributed by atoms with Gasteiger partial charge in [-0.2, -0.15) is 0 Å². The second kappa shape index (κ2) is 11.0. The quantitative estimate of drug-likeness (QED) is 0.342. The first-order valence-corrected chi connectivity index (χ1v) is 12.2. The van der Waals surface area contributed by atoms with Crippen molar-refractivity contribution in [2.24, 2.45) is 5.92 Å². The third kappa shape index (κ3) is 6.17. The Kier molecular flexibility index (Phi) is 7.87. The molecule has 1 N–H and O–H groups in total. The number of hydrogen-bond acceptors (Lipinski definition) is 5. The van der Waals surface area contributed by atoms with Crippen LogP contribution >= 0.6 is 11.6 Å². The second-order valence-corrected chi connectivity index (χ2v) is 9.65. The number of rotatable bonds is 7. The van der Waals surface area contributed by atoms with Crippen molar-refractivity contribution in [3.05, 3.63) is 82.4 Å². The van der Waals surface area contributed by atoms with Gasteiger partial charge in [0.15, 0.2) is 0 Å². The maximum Gasteiger partial charge on any atom is 0.573 e. The minimum atomic E-state index is -4.83. The summed E-state index contributed by atoms with van der Waals surface area (Å²) in [7, 11) is 1.29. The van der Waals surface area contributed by atoms with Gasteiger partial charge in [-0.25, -0.2) is 4.79 Å². The average Bonchev–Trinajstić information content (AvgIpc) is 3.18. The van der Waals surface area contributed by atoms with E-state index in [1.807, 2.05) is 26.0 Å². The highest BCUT2D eigenvalue weighted by Gasteiger charge is 2.39. The van der Waals surface area contributed by atoms with Gasteiger partial charge in [0.25, 0.3) is 11.8 Å². The molecule has 7 nitrogen and oxygen atoms in total. The van der Waals surface area contributed by atoms with Gasteiger partial charge in [0.05, 0.1) is 12.1 Å². The van der Waals surface area contributed by atoms with E-state index in [9.17, 15) is 27.6 Å². The Morgan fingerprint density at radius 2 is 1.69 bits per heavy atom. The standard InChI is InChI=1S/C28H24ClF3N2O5/c1-15(2)24(27(37)38-3)34-14-18-5-4-17(12-22(18)26(34)36)21-11-8-19(13-23(21)29)33-25(35)16-6-9-20(10-7-16)39-28(30,31)32/h4-13,15,24H,14H2,1-3H3,(H,33,35)/t24-/m0/s1. The highest BCUT2D eigenvalue weighted by molar-refractivity contribution is 6.33. The predicted molar refractivity (Wildman–Crippen MR) is 138 cm³/mol.